The van der Waals surface area contributed by atoms with E-state index in [0.717, 1.165) is 68.2 Å². The zero-order chi connectivity index (χ0) is 27.5. The van der Waals surface area contributed by atoms with Gasteiger partial charge >= 0.3 is 11.9 Å². The first-order valence-corrected chi connectivity index (χ1v) is 13.2. The Morgan fingerprint density at radius 2 is 1.39 bits per heavy atom. The zero-order valence-corrected chi connectivity index (χ0v) is 22.3. The van der Waals surface area contributed by atoms with E-state index in [1.807, 2.05) is 24.3 Å². The van der Waals surface area contributed by atoms with Crippen LogP contribution in [0.4, 0.5) is 11.4 Å². The van der Waals surface area contributed by atoms with E-state index in [2.05, 4.69) is 16.9 Å². The Morgan fingerprint density at radius 1 is 0.868 bits per heavy atom. The first-order valence-electron chi connectivity index (χ1n) is 13.2. The minimum Gasteiger partial charge on any atom is -0.469 e. The van der Waals surface area contributed by atoms with E-state index < -0.39 is 0 Å². The number of carbonyl (C=O) groups excluding carboxylic acids is 2. The lowest BCUT2D eigenvalue weighted by atomic mass is 9.77. The fraction of sp³-hybridized carbons (Fsp3) is 0.467. The molecule has 0 bridgehead atoms. The number of rotatable bonds is 6. The summed E-state index contributed by atoms with van der Waals surface area (Å²) in [4.78, 5) is 32.6. The monoisotopic (exact) mass is 522 g/mol. The van der Waals surface area contributed by atoms with Gasteiger partial charge < -0.3 is 15.2 Å². The molecule has 2 aromatic carbocycles. The van der Waals surface area contributed by atoms with Crippen LogP contribution in [0.5, 0.6) is 0 Å². The first kappa shape index (κ1) is 28.9. The number of ether oxygens (including phenoxy) is 2. The lowest BCUT2D eigenvalue weighted by Gasteiger charge is -2.28. The number of hydrogen-bond donors (Lipinski definition) is 1. The second kappa shape index (κ2) is 14.3. The highest BCUT2D eigenvalue weighted by atomic mass is 16.6. The summed E-state index contributed by atoms with van der Waals surface area (Å²) in [5.74, 6) is 1.16. The summed E-state index contributed by atoms with van der Waals surface area (Å²) < 4.78 is 9.35. The van der Waals surface area contributed by atoms with Gasteiger partial charge in [0, 0.05) is 30.3 Å². The maximum absolute atomic E-state index is 11.2. The summed E-state index contributed by atoms with van der Waals surface area (Å²) in [6.45, 7) is 0. The molecule has 0 unspecified atom stereocenters. The second-order valence-electron chi connectivity index (χ2n) is 10.1. The van der Waals surface area contributed by atoms with Gasteiger partial charge in [0.2, 0.25) is 0 Å². The van der Waals surface area contributed by atoms with Gasteiger partial charge in [0.1, 0.15) is 0 Å². The molecule has 2 saturated carbocycles. The minimum atomic E-state index is -0.387. The number of nitrogens with zero attached hydrogens (tertiary/aromatic N) is 1. The van der Waals surface area contributed by atoms with Gasteiger partial charge in [-0.05, 0) is 92.4 Å². The molecule has 2 aliphatic carbocycles. The third kappa shape index (κ3) is 8.71. The molecule has 0 aliphatic heterocycles. The number of nitro benzene ring substituents is 1. The number of allylic oxidation sites excluding steroid dienone is 1. The number of anilines is 1. The molecular formula is C30H38N2O6. The number of hydrogen-bond acceptors (Lipinski definition) is 7. The standard InChI is InChI=1S/C15H17NO4.C15H21NO2/c1-20-15(17)10-11-2-4-12(5-3-11)13-6-8-14(9-7-13)16(18)19;1-18-15(17)10-11-2-4-12(5-3-11)13-6-8-14(16)9-7-13/h6-10,12H,2-5H2,1H3;6-9,11-12H,2-5,10,16H2,1H3. The smallest absolute Gasteiger partial charge is 0.330 e. The van der Waals surface area contributed by atoms with E-state index in [9.17, 15) is 19.7 Å². The van der Waals surface area contributed by atoms with E-state index in [-0.39, 0.29) is 22.5 Å². The molecule has 8 heteroatoms. The number of nitrogen functional groups attached to an aromatic ring is 1. The van der Waals surface area contributed by atoms with Gasteiger partial charge in [-0.2, -0.15) is 0 Å². The van der Waals surface area contributed by atoms with E-state index in [1.54, 1.807) is 18.2 Å². The summed E-state index contributed by atoms with van der Waals surface area (Å²) >= 11 is 0. The van der Waals surface area contributed by atoms with Crippen molar-refractivity contribution in [2.24, 2.45) is 5.92 Å². The Kier molecular flexibility index (Phi) is 10.9. The van der Waals surface area contributed by atoms with E-state index in [1.165, 1.54) is 19.8 Å². The third-order valence-corrected chi connectivity index (χ3v) is 7.66. The molecule has 8 nitrogen and oxygen atoms in total. The molecule has 0 aromatic heterocycles. The van der Waals surface area contributed by atoms with Crippen molar-refractivity contribution in [3.05, 3.63) is 81.4 Å². The normalized spacial score (nSPS) is 20.9. The van der Waals surface area contributed by atoms with Crippen LogP contribution in [0.1, 0.15) is 80.8 Å². The van der Waals surface area contributed by atoms with Crippen LogP contribution in [0.3, 0.4) is 0 Å². The van der Waals surface area contributed by atoms with Crippen LogP contribution in [-0.2, 0) is 19.1 Å². The average Bonchev–Trinajstić information content (AvgIpc) is 2.94. The van der Waals surface area contributed by atoms with E-state index in [4.69, 9.17) is 10.5 Å². The van der Waals surface area contributed by atoms with Crippen molar-refractivity contribution in [3.8, 4) is 0 Å². The quantitative estimate of drug-likeness (QED) is 0.152. The maximum atomic E-state index is 11.2. The van der Waals surface area contributed by atoms with Crippen molar-refractivity contribution in [1.29, 1.82) is 0 Å². The van der Waals surface area contributed by atoms with Gasteiger partial charge in [-0.15, -0.1) is 0 Å². The van der Waals surface area contributed by atoms with Crippen LogP contribution >= 0.6 is 0 Å². The van der Waals surface area contributed by atoms with Crippen LogP contribution in [0.25, 0.3) is 0 Å². The molecule has 0 saturated heterocycles. The summed E-state index contributed by atoms with van der Waals surface area (Å²) in [6, 6.07) is 15.0. The van der Waals surface area contributed by atoms with Gasteiger partial charge in [0.15, 0.2) is 0 Å². The number of non-ortho nitro benzene ring substituents is 1. The van der Waals surface area contributed by atoms with E-state index in [0.29, 0.717) is 24.2 Å². The molecule has 0 amide bonds. The number of carbonyl (C=O) groups is 2. The van der Waals surface area contributed by atoms with Gasteiger partial charge in [-0.3, -0.25) is 14.9 Å². The molecule has 0 radical (unpaired) electrons. The van der Waals surface area contributed by atoms with E-state index >= 15 is 0 Å². The highest BCUT2D eigenvalue weighted by Gasteiger charge is 2.24. The lowest BCUT2D eigenvalue weighted by molar-refractivity contribution is -0.384. The largest absolute Gasteiger partial charge is 0.469 e. The highest BCUT2D eigenvalue weighted by molar-refractivity contribution is 5.82. The molecule has 0 heterocycles. The van der Waals surface area contributed by atoms with Gasteiger partial charge in [-0.25, -0.2) is 4.79 Å². The number of benzene rings is 2. The SMILES string of the molecule is COC(=O)C=C1CCC(c2ccc([N+](=O)[O-])cc2)CC1.COC(=O)CC1CCC(c2ccc(N)cc2)CC1. The molecule has 2 N–H and O–H groups in total. The van der Waals surface area contributed by atoms with Crippen molar-refractivity contribution >= 4 is 23.3 Å². The van der Waals surface area contributed by atoms with Gasteiger partial charge in [0.05, 0.1) is 19.1 Å². The topological polar surface area (TPSA) is 122 Å². The highest BCUT2D eigenvalue weighted by Crippen LogP contribution is 2.37. The molecular weight excluding hydrogens is 484 g/mol. The van der Waals surface area contributed by atoms with Gasteiger partial charge in [-0.1, -0.05) is 29.8 Å². The van der Waals surface area contributed by atoms with Crippen LogP contribution in [-0.4, -0.2) is 31.1 Å². The summed E-state index contributed by atoms with van der Waals surface area (Å²) in [7, 11) is 2.84. The summed E-state index contributed by atoms with van der Waals surface area (Å²) in [5, 5.41) is 10.6. The Morgan fingerprint density at radius 3 is 1.89 bits per heavy atom. The number of nitro groups is 1. The number of methoxy groups -OCH3 is 2. The molecule has 2 fully saturated rings. The lowest BCUT2D eigenvalue weighted by Crippen LogP contribution is -2.17. The molecule has 2 aromatic rings. The summed E-state index contributed by atoms with van der Waals surface area (Å²) in [6.07, 6.45) is 10.4. The fourth-order valence-electron chi connectivity index (χ4n) is 5.35. The minimum absolute atomic E-state index is 0.0778. The number of nitrogens with two attached hydrogens (primary N) is 1. The van der Waals surface area contributed by atoms with Crippen LogP contribution < -0.4 is 5.73 Å². The van der Waals surface area contributed by atoms with Crippen LogP contribution in [0.15, 0.2) is 60.2 Å². The Bertz CT molecular complexity index is 1090. The molecule has 0 atom stereocenters. The second-order valence-corrected chi connectivity index (χ2v) is 10.1. The Labute approximate surface area is 224 Å². The van der Waals surface area contributed by atoms with Crippen molar-refractivity contribution in [2.45, 2.75) is 69.6 Å². The molecule has 204 valence electrons. The molecule has 4 rings (SSSR count). The molecule has 0 spiro atoms. The van der Waals surface area contributed by atoms with Crippen molar-refractivity contribution in [2.75, 3.05) is 20.0 Å². The van der Waals surface area contributed by atoms with Crippen molar-refractivity contribution in [3.63, 3.8) is 0 Å². The summed E-state index contributed by atoms with van der Waals surface area (Å²) in [5.41, 5.74) is 10.3. The van der Waals surface area contributed by atoms with Gasteiger partial charge in [0.25, 0.3) is 5.69 Å². The van der Waals surface area contributed by atoms with Crippen molar-refractivity contribution in [1.82, 2.24) is 0 Å². The fourth-order valence-corrected chi connectivity index (χ4v) is 5.35. The predicted molar refractivity (Wildman–Crippen MR) is 147 cm³/mol. The predicted octanol–water partition coefficient (Wildman–Crippen LogP) is 6.46. The maximum Gasteiger partial charge on any atom is 0.330 e. The molecule has 2 aliphatic rings. The average molecular weight is 523 g/mol. The zero-order valence-electron chi connectivity index (χ0n) is 22.3. The molecule has 38 heavy (non-hydrogen) atoms. The first-order chi connectivity index (χ1) is 18.3. The number of esters is 2. The van der Waals surface area contributed by atoms with Crippen molar-refractivity contribution < 1.29 is 24.0 Å². The van der Waals surface area contributed by atoms with Crippen LogP contribution in [0, 0.1) is 16.0 Å². The van der Waals surface area contributed by atoms with Crippen LogP contribution in [0.2, 0.25) is 0 Å². The Hall–Kier alpha value is -3.68. The third-order valence-electron chi connectivity index (χ3n) is 7.66. The Balaban J connectivity index is 0.000000212.